The molecule has 5 atom stereocenters. The maximum atomic E-state index is 14.1. The van der Waals surface area contributed by atoms with Crippen molar-refractivity contribution in [3.63, 3.8) is 0 Å². The lowest BCUT2D eigenvalue weighted by Gasteiger charge is -2.52. The molecule has 6 rings (SSSR count). The Morgan fingerprint density at radius 3 is 1.55 bits per heavy atom. The summed E-state index contributed by atoms with van der Waals surface area (Å²) in [5, 5.41) is 0. The van der Waals surface area contributed by atoms with Crippen LogP contribution in [0.5, 0.6) is 0 Å². The summed E-state index contributed by atoms with van der Waals surface area (Å²) in [5.74, 6) is -0.638. The van der Waals surface area contributed by atoms with E-state index in [4.69, 9.17) is 33.4 Å². The molecule has 5 aromatic carbocycles. The van der Waals surface area contributed by atoms with Crippen molar-refractivity contribution >= 4 is 11.7 Å². The third-order valence-electron chi connectivity index (χ3n) is 9.54. The van der Waals surface area contributed by atoms with Crippen molar-refractivity contribution in [3.8, 4) is 0 Å². The fraction of sp³-hybridized carbons (Fsp3) is 0.277. The lowest BCUT2D eigenvalue weighted by Crippen LogP contribution is -2.70. The molecule has 284 valence electrons. The van der Waals surface area contributed by atoms with Crippen molar-refractivity contribution in [1.82, 2.24) is 0 Å². The second kappa shape index (κ2) is 20.5. The third-order valence-corrected chi connectivity index (χ3v) is 9.54. The number of carbonyl (C=O) groups excluding carboxylic acids is 1. The molecule has 1 heterocycles. The van der Waals surface area contributed by atoms with E-state index in [-0.39, 0.29) is 45.1 Å². The highest BCUT2D eigenvalue weighted by molar-refractivity contribution is 6.40. The fourth-order valence-electron chi connectivity index (χ4n) is 6.84. The van der Waals surface area contributed by atoms with E-state index in [2.05, 4.69) is 6.58 Å². The highest BCUT2D eigenvalue weighted by Crippen LogP contribution is 2.41. The van der Waals surface area contributed by atoms with Crippen LogP contribution in [0.1, 0.15) is 34.2 Å². The molecule has 55 heavy (non-hydrogen) atoms. The molecule has 0 radical (unpaired) electrons. The van der Waals surface area contributed by atoms with Gasteiger partial charge in [0.05, 0.1) is 46.7 Å². The molecule has 8 nitrogen and oxygen atoms in total. The predicted octanol–water partition coefficient (Wildman–Crippen LogP) is 8.49. The molecule has 0 N–H and O–H groups in total. The average molecular weight is 740 g/mol. The van der Waals surface area contributed by atoms with Crippen LogP contribution >= 0.6 is 0 Å². The zero-order chi connectivity index (χ0) is 38.1. The second-order valence-electron chi connectivity index (χ2n) is 13.4. The smallest absolute Gasteiger partial charge is 0.355 e. The number of aliphatic imine (C=N–C) groups is 1. The Labute approximate surface area is 324 Å². The normalized spacial score (nSPS) is 21.1. The van der Waals surface area contributed by atoms with E-state index in [0.29, 0.717) is 6.61 Å². The van der Waals surface area contributed by atoms with Gasteiger partial charge in [0.1, 0.15) is 30.0 Å². The first-order valence-electron chi connectivity index (χ1n) is 18.6. The van der Waals surface area contributed by atoms with Crippen LogP contribution in [0.25, 0.3) is 0 Å². The number of benzene rings is 5. The second-order valence-corrected chi connectivity index (χ2v) is 13.4. The fourth-order valence-corrected chi connectivity index (χ4v) is 6.84. The Morgan fingerprint density at radius 2 is 1.07 bits per heavy atom. The van der Waals surface area contributed by atoms with E-state index in [0.717, 1.165) is 27.8 Å². The van der Waals surface area contributed by atoms with Gasteiger partial charge in [-0.15, -0.1) is 6.58 Å². The minimum absolute atomic E-state index is 0.0692. The summed E-state index contributed by atoms with van der Waals surface area (Å²) in [5.41, 5.74) is 3.37. The maximum Gasteiger partial charge on any atom is 0.355 e. The van der Waals surface area contributed by atoms with Crippen LogP contribution in [0, 0.1) is 0 Å². The van der Waals surface area contributed by atoms with Crippen molar-refractivity contribution in [2.75, 3.05) is 13.7 Å². The van der Waals surface area contributed by atoms with E-state index >= 15 is 0 Å². The zero-order valence-electron chi connectivity index (χ0n) is 31.3. The summed E-state index contributed by atoms with van der Waals surface area (Å²) >= 11 is 0. The van der Waals surface area contributed by atoms with Gasteiger partial charge in [-0.05, 0) is 27.8 Å². The lowest BCUT2D eigenvalue weighted by molar-refractivity contribution is -0.289. The highest BCUT2D eigenvalue weighted by Gasteiger charge is 2.60. The van der Waals surface area contributed by atoms with Crippen LogP contribution in [-0.4, -0.2) is 55.4 Å². The quantitative estimate of drug-likeness (QED) is 0.0477. The number of nitrogens with zero attached hydrogens (tertiary/aromatic N) is 1. The van der Waals surface area contributed by atoms with Gasteiger partial charge >= 0.3 is 5.97 Å². The molecular weight excluding hydrogens is 691 g/mol. The van der Waals surface area contributed by atoms with E-state index in [1.165, 1.54) is 7.11 Å². The van der Waals surface area contributed by atoms with Gasteiger partial charge in [-0.25, -0.2) is 4.79 Å². The van der Waals surface area contributed by atoms with Gasteiger partial charge < -0.3 is 28.4 Å². The molecule has 0 amide bonds. The molecule has 5 aromatic rings. The Balaban J connectivity index is 1.47. The lowest BCUT2D eigenvalue weighted by atomic mass is 9.78. The summed E-state index contributed by atoms with van der Waals surface area (Å²) in [6, 6.07) is 49.5. The number of hydrogen-bond donors (Lipinski definition) is 0. The largest absolute Gasteiger partial charge is 0.464 e. The van der Waals surface area contributed by atoms with Gasteiger partial charge in [0.25, 0.3) is 0 Å². The molecule has 0 unspecified atom stereocenters. The van der Waals surface area contributed by atoms with Gasteiger partial charge in [-0.3, -0.25) is 4.99 Å². The standard InChI is InChI=1S/C47H49NO7/c1-3-29-47(44(46(49)50-2)48-30-36-19-9-4-10-20-36)45(54-34-40-27-17-8-18-28-40)43(53-33-39-25-15-7-16-26-39)42(52-32-38-23-13-6-14-24-38)41(55-47)35-51-31-37-21-11-5-12-22-37/h3-28,41-43,45H,1,29-35H2,2H3/t41-,42-,43+,45-,47+/m1/s1. The number of carbonyl (C=O) groups is 1. The SMILES string of the molecule is C=CC[C@@]1(C(=NCc2ccccc2)C(=O)OC)O[C@H](COCc2ccccc2)[C@@H](OCc2ccccc2)[C@H](OCc2ccccc2)[C@H]1OCc1ccccc1. The highest BCUT2D eigenvalue weighted by atomic mass is 16.6. The predicted molar refractivity (Wildman–Crippen MR) is 213 cm³/mol. The third kappa shape index (κ3) is 10.7. The molecule has 1 aliphatic heterocycles. The molecule has 0 spiro atoms. The molecule has 1 fully saturated rings. The Hall–Kier alpha value is -5.22. The Bertz CT molecular complexity index is 1910. The van der Waals surface area contributed by atoms with E-state index in [1.54, 1.807) is 6.08 Å². The number of methoxy groups -OCH3 is 1. The molecule has 0 aliphatic carbocycles. The van der Waals surface area contributed by atoms with Crippen molar-refractivity contribution in [1.29, 1.82) is 0 Å². The molecule has 1 saturated heterocycles. The van der Waals surface area contributed by atoms with Crippen molar-refractivity contribution < 1.29 is 33.2 Å². The summed E-state index contributed by atoms with van der Waals surface area (Å²) in [4.78, 5) is 19.1. The first kappa shape index (κ1) is 39.5. The summed E-state index contributed by atoms with van der Waals surface area (Å²) < 4.78 is 39.9. The number of ether oxygens (including phenoxy) is 6. The van der Waals surface area contributed by atoms with Gasteiger partial charge in [-0.2, -0.15) is 0 Å². The maximum absolute atomic E-state index is 14.1. The minimum Gasteiger partial charge on any atom is -0.464 e. The van der Waals surface area contributed by atoms with Crippen molar-refractivity contribution in [3.05, 3.63) is 192 Å². The molecule has 0 aromatic heterocycles. The molecule has 1 aliphatic rings. The summed E-state index contributed by atoms with van der Waals surface area (Å²) in [7, 11) is 1.35. The van der Waals surface area contributed by atoms with Gasteiger partial charge in [-0.1, -0.05) is 158 Å². The first-order chi connectivity index (χ1) is 27.1. The van der Waals surface area contributed by atoms with Crippen molar-refractivity contribution in [2.24, 2.45) is 4.99 Å². The van der Waals surface area contributed by atoms with E-state index in [9.17, 15) is 4.79 Å². The number of hydrogen-bond acceptors (Lipinski definition) is 8. The van der Waals surface area contributed by atoms with Gasteiger partial charge in [0, 0.05) is 6.42 Å². The van der Waals surface area contributed by atoms with Gasteiger partial charge in [0.15, 0.2) is 5.71 Å². The van der Waals surface area contributed by atoms with Crippen LogP contribution in [0.15, 0.2) is 169 Å². The summed E-state index contributed by atoms with van der Waals surface area (Å²) in [6.45, 7) is 5.53. The first-order valence-corrected chi connectivity index (χ1v) is 18.6. The number of rotatable bonds is 19. The zero-order valence-corrected chi connectivity index (χ0v) is 31.3. The van der Waals surface area contributed by atoms with Crippen LogP contribution in [0.4, 0.5) is 0 Å². The molecular formula is C47H49NO7. The topological polar surface area (TPSA) is 84.8 Å². The molecule has 8 heteroatoms. The van der Waals surface area contributed by atoms with E-state index < -0.39 is 36.0 Å². The monoisotopic (exact) mass is 739 g/mol. The van der Waals surface area contributed by atoms with Gasteiger partial charge in [0.2, 0.25) is 0 Å². The molecule has 0 saturated carbocycles. The Kier molecular flexibility index (Phi) is 14.7. The van der Waals surface area contributed by atoms with Crippen LogP contribution in [0.3, 0.4) is 0 Å². The summed E-state index contributed by atoms with van der Waals surface area (Å²) in [6.07, 6.45) is -1.27. The minimum atomic E-state index is -1.52. The average Bonchev–Trinajstić information content (AvgIpc) is 3.24. The van der Waals surface area contributed by atoms with Crippen LogP contribution in [0.2, 0.25) is 0 Å². The van der Waals surface area contributed by atoms with Crippen LogP contribution in [-0.2, 0) is 66.2 Å². The van der Waals surface area contributed by atoms with E-state index in [1.807, 2.05) is 152 Å². The molecule has 0 bridgehead atoms. The Morgan fingerprint density at radius 1 is 0.636 bits per heavy atom. The number of esters is 1. The van der Waals surface area contributed by atoms with Crippen LogP contribution < -0.4 is 0 Å². The van der Waals surface area contributed by atoms with Crippen molar-refractivity contribution in [2.45, 2.75) is 69.4 Å².